The van der Waals surface area contributed by atoms with Crippen LogP contribution in [-0.4, -0.2) is 13.3 Å². The molecule has 0 aliphatic rings. The molecule has 0 saturated carbocycles. The second-order valence-corrected chi connectivity index (χ2v) is 6.53. The largest absolute Gasteiger partial charge is 0.871 e. The fraction of sp³-hybridized carbons (Fsp3) is 0. The topological polar surface area (TPSA) is 112 Å². The lowest BCUT2D eigenvalue weighted by Crippen LogP contribution is -2.15. The maximum Gasteiger partial charge on any atom is 0.271 e. The number of hydrogen-bond donors (Lipinski definition) is 1. The third kappa shape index (κ3) is 3.24. The van der Waals surface area contributed by atoms with Crippen LogP contribution in [-0.2, 0) is 10.0 Å². The van der Waals surface area contributed by atoms with Gasteiger partial charge in [-0.2, -0.15) is 0 Å². The van der Waals surface area contributed by atoms with Crippen molar-refractivity contribution in [3.8, 4) is 5.75 Å². The van der Waals surface area contributed by atoms with Gasteiger partial charge in [-0.15, -0.1) is 0 Å². The molecule has 0 unspecified atom stereocenters. The van der Waals surface area contributed by atoms with Gasteiger partial charge in [0.15, 0.2) is 0 Å². The summed E-state index contributed by atoms with van der Waals surface area (Å²) in [6, 6.07) is 6.67. The molecule has 7 nitrogen and oxygen atoms in total. The first-order valence-corrected chi connectivity index (χ1v) is 7.88. The van der Waals surface area contributed by atoms with E-state index in [1.165, 1.54) is 18.2 Å². The highest BCUT2D eigenvalue weighted by Gasteiger charge is 2.20. The standard InChI is InChI=1S/C12H8Cl2N2O5S/c13-8-2-1-3-11(12(8)14)22(20,21)15-9-6-7(16(18)19)4-5-10(9)17/h1-6,15,17H/p-1. The van der Waals surface area contributed by atoms with E-state index >= 15 is 0 Å². The summed E-state index contributed by atoms with van der Waals surface area (Å²) in [5.74, 6) is -0.715. The quantitative estimate of drug-likeness (QED) is 0.664. The lowest BCUT2D eigenvalue weighted by molar-refractivity contribution is -0.385. The van der Waals surface area contributed by atoms with Crippen molar-refractivity contribution in [1.82, 2.24) is 0 Å². The van der Waals surface area contributed by atoms with Gasteiger partial charge < -0.3 is 5.11 Å². The van der Waals surface area contributed by atoms with Crippen LogP contribution in [0.15, 0.2) is 41.3 Å². The Balaban J connectivity index is 2.47. The van der Waals surface area contributed by atoms with Crippen LogP contribution in [0.2, 0.25) is 10.0 Å². The van der Waals surface area contributed by atoms with Crippen molar-refractivity contribution in [1.29, 1.82) is 0 Å². The van der Waals surface area contributed by atoms with Crippen LogP contribution in [0.5, 0.6) is 5.75 Å². The lowest BCUT2D eigenvalue weighted by Gasteiger charge is -2.16. The normalized spacial score (nSPS) is 11.2. The maximum atomic E-state index is 12.2. The Morgan fingerprint density at radius 3 is 2.45 bits per heavy atom. The number of hydrogen-bond acceptors (Lipinski definition) is 5. The number of non-ortho nitro benzene ring substituents is 1. The summed E-state index contributed by atoms with van der Waals surface area (Å²) in [6.45, 7) is 0. The summed E-state index contributed by atoms with van der Waals surface area (Å²) in [6.07, 6.45) is 0. The highest BCUT2D eigenvalue weighted by atomic mass is 35.5. The molecule has 0 atom stereocenters. The first-order chi connectivity index (χ1) is 10.2. The summed E-state index contributed by atoms with van der Waals surface area (Å²) in [5, 5.41) is 22.1. The number of nitrogens with zero attached hydrogens (tertiary/aromatic N) is 1. The van der Waals surface area contributed by atoms with Crippen molar-refractivity contribution < 1.29 is 18.4 Å². The van der Waals surface area contributed by atoms with Crippen LogP contribution in [0.4, 0.5) is 11.4 Å². The van der Waals surface area contributed by atoms with E-state index in [-0.39, 0.29) is 14.9 Å². The number of anilines is 1. The average Bonchev–Trinajstić information content (AvgIpc) is 2.43. The van der Waals surface area contributed by atoms with Crippen molar-refractivity contribution in [2.24, 2.45) is 0 Å². The monoisotopic (exact) mass is 361 g/mol. The van der Waals surface area contributed by atoms with Crippen molar-refractivity contribution in [2.75, 3.05) is 4.72 Å². The number of nitrogens with one attached hydrogen (secondary N) is 1. The van der Waals surface area contributed by atoms with Gasteiger partial charge in [0.25, 0.3) is 15.7 Å². The zero-order valence-electron chi connectivity index (χ0n) is 10.6. The second-order valence-electron chi connectivity index (χ2n) is 4.10. The number of nitro benzene ring substituents is 1. The van der Waals surface area contributed by atoms with Gasteiger partial charge in [0.05, 0.1) is 15.0 Å². The van der Waals surface area contributed by atoms with Gasteiger partial charge in [0.1, 0.15) is 4.90 Å². The van der Waals surface area contributed by atoms with Crippen LogP contribution >= 0.6 is 23.2 Å². The first-order valence-electron chi connectivity index (χ1n) is 5.64. The summed E-state index contributed by atoms with van der Waals surface area (Å²) in [5.41, 5.74) is -0.875. The summed E-state index contributed by atoms with van der Waals surface area (Å²) in [4.78, 5) is 9.60. The molecule has 0 aromatic heterocycles. The molecule has 0 saturated heterocycles. The smallest absolute Gasteiger partial charge is 0.271 e. The molecule has 0 heterocycles. The Kier molecular flexibility index (Phi) is 4.45. The number of nitro groups is 1. The Bertz CT molecular complexity index is 855. The van der Waals surface area contributed by atoms with Gasteiger partial charge in [-0.05, 0) is 12.1 Å². The van der Waals surface area contributed by atoms with Crippen LogP contribution in [0.1, 0.15) is 0 Å². The number of sulfonamides is 1. The molecular formula is C12H7Cl2N2O5S-. The highest BCUT2D eigenvalue weighted by molar-refractivity contribution is 7.92. The van der Waals surface area contributed by atoms with Crippen LogP contribution in [0.3, 0.4) is 0 Å². The molecule has 0 aliphatic heterocycles. The van der Waals surface area contributed by atoms with Crippen molar-refractivity contribution in [3.05, 3.63) is 56.6 Å². The molecule has 0 bridgehead atoms. The molecule has 0 fully saturated rings. The predicted molar refractivity (Wildman–Crippen MR) is 79.8 cm³/mol. The van der Waals surface area contributed by atoms with Crippen LogP contribution in [0, 0.1) is 10.1 Å². The van der Waals surface area contributed by atoms with Crippen molar-refractivity contribution in [2.45, 2.75) is 4.90 Å². The number of benzene rings is 2. The summed E-state index contributed by atoms with van der Waals surface area (Å²) < 4.78 is 26.5. The Hall–Kier alpha value is -2.03. The van der Waals surface area contributed by atoms with Crippen molar-refractivity contribution >= 4 is 44.6 Å². The molecule has 2 rings (SSSR count). The highest BCUT2D eigenvalue weighted by Crippen LogP contribution is 2.32. The molecule has 0 aliphatic carbocycles. The van der Waals surface area contributed by atoms with E-state index in [2.05, 4.69) is 0 Å². The average molecular weight is 362 g/mol. The van der Waals surface area contributed by atoms with Crippen LogP contribution < -0.4 is 9.83 Å². The van der Waals surface area contributed by atoms with E-state index < -0.39 is 32.1 Å². The van der Waals surface area contributed by atoms with Crippen molar-refractivity contribution in [3.63, 3.8) is 0 Å². The van der Waals surface area contributed by atoms with E-state index in [9.17, 15) is 23.6 Å². The maximum absolute atomic E-state index is 12.2. The zero-order chi connectivity index (χ0) is 16.5. The molecule has 2 aromatic rings. The fourth-order valence-electron chi connectivity index (χ4n) is 1.60. The molecule has 0 spiro atoms. The Morgan fingerprint density at radius 2 is 1.82 bits per heavy atom. The molecule has 22 heavy (non-hydrogen) atoms. The van der Waals surface area contributed by atoms with Gasteiger partial charge in [-0.3, -0.25) is 14.8 Å². The third-order valence-corrected chi connectivity index (χ3v) is 4.96. The second kappa shape index (κ2) is 5.99. The molecule has 10 heteroatoms. The number of halogens is 2. The summed E-state index contributed by atoms with van der Waals surface area (Å²) in [7, 11) is -4.22. The van der Waals surface area contributed by atoms with E-state index in [0.717, 1.165) is 18.2 Å². The molecule has 0 amide bonds. The van der Waals surface area contributed by atoms with Gasteiger partial charge in [0.2, 0.25) is 0 Å². The van der Waals surface area contributed by atoms with E-state index in [4.69, 9.17) is 23.2 Å². The van der Waals surface area contributed by atoms with Gasteiger partial charge >= 0.3 is 0 Å². The molecule has 116 valence electrons. The third-order valence-electron chi connectivity index (χ3n) is 2.62. The van der Waals surface area contributed by atoms with E-state index in [0.29, 0.717) is 0 Å². The molecule has 0 radical (unpaired) electrons. The van der Waals surface area contributed by atoms with Gasteiger partial charge in [-0.25, -0.2) is 8.42 Å². The summed E-state index contributed by atoms with van der Waals surface area (Å²) >= 11 is 11.6. The predicted octanol–water partition coefficient (Wildman–Crippen LogP) is 2.78. The lowest BCUT2D eigenvalue weighted by atomic mass is 10.2. The molecular weight excluding hydrogens is 355 g/mol. The molecule has 1 N–H and O–H groups in total. The fourth-order valence-corrected chi connectivity index (χ4v) is 3.43. The minimum Gasteiger partial charge on any atom is -0.871 e. The molecule has 2 aromatic carbocycles. The zero-order valence-corrected chi connectivity index (χ0v) is 12.9. The Labute approximate surface area is 135 Å². The van der Waals surface area contributed by atoms with Gasteiger partial charge in [-0.1, -0.05) is 41.1 Å². The SMILES string of the molecule is O=[N+]([O-])c1ccc([O-])c(NS(=O)(=O)c2cccc(Cl)c2Cl)c1. The minimum atomic E-state index is -4.22. The first kappa shape index (κ1) is 16.3. The Morgan fingerprint density at radius 1 is 1.14 bits per heavy atom. The van der Waals surface area contributed by atoms with Gasteiger partial charge in [0, 0.05) is 17.8 Å². The van der Waals surface area contributed by atoms with E-state index in [1.807, 2.05) is 4.72 Å². The minimum absolute atomic E-state index is 0.0194. The van der Waals surface area contributed by atoms with E-state index in [1.54, 1.807) is 0 Å². The van der Waals surface area contributed by atoms with Crippen LogP contribution in [0.25, 0.3) is 0 Å². The number of rotatable bonds is 4.